The maximum absolute atomic E-state index is 11.8. The molecule has 10 heteroatoms. The maximum atomic E-state index is 11.8. The largest absolute Gasteiger partial charge is 0.367 e. The molecule has 2 aromatic heterocycles. The van der Waals surface area contributed by atoms with E-state index in [1.165, 1.54) is 23.8 Å². The molecule has 0 aliphatic heterocycles. The number of hydrogen-bond acceptors (Lipinski definition) is 8. The molecule has 1 saturated carbocycles. The number of aromatic nitrogens is 3. The van der Waals surface area contributed by atoms with Crippen LogP contribution in [0.1, 0.15) is 41.7 Å². The van der Waals surface area contributed by atoms with Gasteiger partial charge in [0.15, 0.2) is 0 Å². The average molecular weight is 401 g/mol. The average Bonchev–Trinajstić information content (AvgIpc) is 3.08. The van der Waals surface area contributed by atoms with Crippen molar-refractivity contribution in [3.8, 4) is 0 Å². The van der Waals surface area contributed by atoms with Gasteiger partial charge in [-0.1, -0.05) is 6.58 Å². The molecule has 1 aliphatic rings. The van der Waals surface area contributed by atoms with Crippen LogP contribution < -0.4 is 21.7 Å². The van der Waals surface area contributed by atoms with Gasteiger partial charge in [-0.25, -0.2) is 4.98 Å². The first-order chi connectivity index (χ1) is 13.4. The van der Waals surface area contributed by atoms with Crippen LogP contribution in [-0.4, -0.2) is 38.2 Å². The molecule has 0 radical (unpaired) electrons. The van der Waals surface area contributed by atoms with Gasteiger partial charge in [0.05, 0.1) is 11.3 Å². The molecule has 0 atom stereocenters. The van der Waals surface area contributed by atoms with Crippen molar-refractivity contribution in [2.75, 3.05) is 10.6 Å². The van der Waals surface area contributed by atoms with Crippen molar-refractivity contribution in [1.29, 1.82) is 0 Å². The zero-order chi connectivity index (χ0) is 20.1. The van der Waals surface area contributed by atoms with Crippen molar-refractivity contribution in [2.24, 2.45) is 5.73 Å². The SMILES string of the molecule is C=CC(=O)NC1CCC(Nc2nc(Nc3cc(C)ns3)ncc2C(N)=O)CC1. The van der Waals surface area contributed by atoms with E-state index >= 15 is 0 Å². The summed E-state index contributed by atoms with van der Waals surface area (Å²) in [5.74, 6) is 0.0276. The zero-order valence-corrected chi connectivity index (χ0v) is 16.4. The van der Waals surface area contributed by atoms with Crippen molar-refractivity contribution < 1.29 is 9.59 Å². The molecule has 2 amide bonds. The van der Waals surface area contributed by atoms with Gasteiger partial charge in [-0.05, 0) is 56.3 Å². The number of carbonyl (C=O) groups is 2. The van der Waals surface area contributed by atoms with E-state index in [9.17, 15) is 9.59 Å². The Labute approximate surface area is 167 Å². The number of aryl methyl sites for hydroxylation is 1. The summed E-state index contributed by atoms with van der Waals surface area (Å²) in [6, 6.07) is 2.15. The Morgan fingerprint density at radius 3 is 2.61 bits per heavy atom. The van der Waals surface area contributed by atoms with Crippen LogP contribution in [0.4, 0.5) is 16.8 Å². The van der Waals surface area contributed by atoms with Gasteiger partial charge in [-0.3, -0.25) is 9.59 Å². The number of hydrogen-bond donors (Lipinski definition) is 4. The fourth-order valence-electron chi connectivity index (χ4n) is 3.10. The predicted octanol–water partition coefficient (Wildman–Crippen LogP) is 2.11. The number of nitrogens with zero attached hydrogens (tertiary/aromatic N) is 3. The Morgan fingerprint density at radius 1 is 1.29 bits per heavy atom. The Kier molecular flexibility index (Phi) is 6.19. The molecule has 1 fully saturated rings. The van der Waals surface area contributed by atoms with Crippen LogP contribution in [0.15, 0.2) is 24.9 Å². The van der Waals surface area contributed by atoms with Crippen LogP contribution in [0.5, 0.6) is 0 Å². The third-order valence-electron chi connectivity index (χ3n) is 4.52. The van der Waals surface area contributed by atoms with Gasteiger partial charge in [0, 0.05) is 18.3 Å². The lowest BCUT2D eigenvalue weighted by atomic mass is 9.91. The highest BCUT2D eigenvalue weighted by Gasteiger charge is 2.24. The summed E-state index contributed by atoms with van der Waals surface area (Å²) in [4.78, 5) is 31.8. The molecule has 2 aromatic rings. The summed E-state index contributed by atoms with van der Waals surface area (Å²) in [5.41, 5.74) is 6.62. The van der Waals surface area contributed by atoms with E-state index in [1.54, 1.807) is 0 Å². The van der Waals surface area contributed by atoms with Gasteiger partial charge in [0.2, 0.25) is 11.9 Å². The van der Waals surface area contributed by atoms with Gasteiger partial charge >= 0.3 is 0 Å². The van der Waals surface area contributed by atoms with Gasteiger partial charge in [-0.2, -0.15) is 9.36 Å². The summed E-state index contributed by atoms with van der Waals surface area (Å²) >= 11 is 1.31. The zero-order valence-electron chi connectivity index (χ0n) is 15.6. The number of rotatable bonds is 7. The Hall–Kier alpha value is -3.01. The second-order valence-electron chi connectivity index (χ2n) is 6.68. The normalized spacial score (nSPS) is 18.9. The van der Waals surface area contributed by atoms with E-state index in [2.05, 4.69) is 36.9 Å². The minimum atomic E-state index is -0.588. The Bertz CT molecular complexity index is 875. The highest BCUT2D eigenvalue weighted by molar-refractivity contribution is 7.10. The quantitative estimate of drug-likeness (QED) is 0.522. The van der Waals surface area contributed by atoms with E-state index in [4.69, 9.17) is 5.73 Å². The molecular formula is C18H23N7O2S. The number of amides is 2. The first-order valence-corrected chi connectivity index (χ1v) is 9.78. The highest BCUT2D eigenvalue weighted by atomic mass is 32.1. The first kappa shape index (κ1) is 19.7. The fraction of sp³-hybridized carbons (Fsp3) is 0.389. The first-order valence-electron chi connectivity index (χ1n) is 9.01. The lowest BCUT2D eigenvalue weighted by molar-refractivity contribution is -0.117. The van der Waals surface area contributed by atoms with E-state index in [-0.39, 0.29) is 23.6 Å². The number of primary amides is 1. The Balaban J connectivity index is 1.68. The number of carbonyl (C=O) groups excluding carboxylic acids is 2. The lowest BCUT2D eigenvalue weighted by Crippen LogP contribution is -2.39. The van der Waals surface area contributed by atoms with Crippen molar-refractivity contribution in [1.82, 2.24) is 19.7 Å². The third-order valence-corrected chi connectivity index (χ3v) is 5.31. The molecule has 3 rings (SSSR count). The van der Waals surface area contributed by atoms with Crippen molar-refractivity contribution >= 4 is 40.1 Å². The van der Waals surface area contributed by atoms with E-state index in [0.29, 0.717) is 11.8 Å². The maximum Gasteiger partial charge on any atom is 0.254 e. The smallest absolute Gasteiger partial charge is 0.254 e. The van der Waals surface area contributed by atoms with E-state index in [0.717, 1.165) is 36.4 Å². The van der Waals surface area contributed by atoms with Gasteiger partial charge < -0.3 is 21.7 Å². The molecular weight excluding hydrogens is 378 g/mol. The van der Waals surface area contributed by atoms with Crippen LogP contribution in [0, 0.1) is 6.92 Å². The summed E-state index contributed by atoms with van der Waals surface area (Å²) in [5, 5.41) is 10.1. The van der Waals surface area contributed by atoms with Gasteiger partial charge in [-0.15, -0.1) is 0 Å². The molecule has 0 bridgehead atoms. The van der Waals surface area contributed by atoms with Gasteiger partial charge in [0.25, 0.3) is 5.91 Å². The van der Waals surface area contributed by atoms with Crippen molar-refractivity contribution in [3.05, 3.63) is 36.2 Å². The Morgan fingerprint density at radius 2 is 2.00 bits per heavy atom. The number of nitrogens with two attached hydrogens (primary N) is 1. The summed E-state index contributed by atoms with van der Waals surface area (Å²) in [6.45, 7) is 5.37. The van der Waals surface area contributed by atoms with Crippen molar-refractivity contribution in [2.45, 2.75) is 44.7 Å². The highest BCUT2D eigenvalue weighted by Crippen LogP contribution is 2.25. The van der Waals surface area contributed by atoms with E-state index < -0.39 is 5.91 Å². The molecule has 2 heterocycles. The second kappa shape index (κ2) is 8.79. The van der Waals surface area contributed by atoms with Crippen LogP contribution in [0.2, 0.25) is 0 Å². The molecule has 0 saturated heterocycles. The van der Waals surface area contributed by atoms with Crippen LogP contribution >= 0.6 is 11.5 Å². The topological polar surface area (TPSA) is 135 Å². The van der Waals surface area contributed by atoms with Crippen LogP contribution in [0.25, 0.3) is 0 Å². The minimum absolute atomic E-state index is 0.128. The van der Waals surface area contributed by atoms with Crippen molar-refractivity contribution in [3.63, 3.8) is 0 Å². The monoisotopic (exact) mass is 401 g/mol. The summed E-state index contributed by atoms with van der Waals surface area (Å²) in [6.07, 6.45) is 6.04. The summed E-state index contributed by atoms with van der Waals surface area (Å²) in [7, 11) is 0. The molecule has 0 aromatic carbocycles. The lowest BCUT2D eigenvalue weighted by Gasteiger charge is -2.30. The molecule has 0 unspecified atom stereocenters. The van der Waals surface area contributed by atoms with Crippen LogP contribution in [0.3, 0.4) is 0 Å². The molecule has 148 valence electrons. The number of anilines is 3. The molecule has 28 heavy (non-hydrogen) atoms. The number of nitrogens with one attached hydrogen (secondary N) is 3. The third kappa shape index (κ3) is 5.03. The molecule has 9 nitrogen and oxygen atoms in total. The second-order valence-corrected chi connectivity index (χ2v) is 7.49. The predicted molar refractivity (Wildman–Crippen MR) is 109 cm³/mol. The van der Waals surface area contributed by atoms with Gasteiger partial charge in [0.1, 0.15) is 10.8 Å². The standard InChI is InChI=1S/C18H23N7O2S/c1-3-14(26)21-11-4-6-12(7-5-11)22-17-13(16(19)27)9-20-18(24-17)23-15-8-10(2)25-28-15/h3,8-9,11-12H,1,4-7H2,2H3,(H2,19,27)(H,21,26)(H2,20,22,23,24). The molecule has 0 spiro atoms. The van der Waals surface area contributed by atoms with E-state index in [1.807, 2.05) is 13.0 Å². The molecule has 1 aliphatic carbocycles. The van der Waals surface area contributed by atoms with Crippen LogP contribution in [-0.2, 0) is 4.79 Å². The summed E-state index contributed by atoms with van der Waals surface area (Å²) < 4.78 is 4.21. The fourth-order valence-corrected chi connectivity index (χ4v) is 3.76. The minimum Gasteiger partial charge on any atom is -0.367 e. The molecule has 5 N–H and O–H groups in total.